The highest BCUT2D eigenvalue weighted by molar-refractivity contribution is 5.75. The number of amides is 1. The fourth-order valence-corrected chi connectivity index (χ4v) is 2.08. The van der Waals surface area contributed by atoms with E-state index >= 15 is 0 Å². The summed E-state index contributed by atoms with van der Waals surface area (Å²) < 4.78 is 15.9. The van der Waals surface area contributed by atoms with Crippen LogP contribution in [0.15, 0.2) is 18.2 Å². The number of hydrogen-bond acceptors (Lipinski definition) is 4. The van der Waals surface area contributed by atoms with Crippen LogP contribution in [0.3, 0.4) is 0 Å². The molecule has 0 saturated carbocycles. The molecular formula is C15H21NO4. The van der Waals surface area contributed by atoms with Crippen molar-refractivity contribution in [3.05, 3.63) is 23.8 Å². The largest absolute Gasteiger partial charge is 0.486 e. The molecule has 1 amide bonds. The molecule has 0 bridgehead atoms. The number of nitrogens with one attached hydrogen (secondary N) is 1. The van der Waals surface area contributed by atoms with Crippen LogP contribution in [0, 0.1) is 0 Å². The predicted octanol–water partition coefficient (Wildman–Crippen LogP) is 1.54. The Labute approximate surface area is 119 Å². The molecule has 0 aliphatic carbocycles. The van der Waals surface area contributed by atoms with Crippen molar-refractivity contribution in [1.82, 2.24) is 5.32 Å². The monoisotopic (exact) mass is 279 g/mol. The van der Waals surface area contributed by atoms with Crippen LogP contribution >= 0.6 is 0 Å². The average molecular weight is 279 g/mol. The van der Waals surface area contributed by atoms with E-state index in [0.29, 0.717) is 32.8 Å². The van der Waals surface area contributed by atoms with E-state index in [2.05, 4.69) is 5.32 Å². The first-order chi connectivity index (χ1) is 9.79. The van der Waals surface area contributed by atoms with Crippen LogP contribution in [0.1, 0.15) is 18.4 Å². The minimum Gasteiger partial charge on any atom is -0.486 e. The van der Waals surface area contributed by atoms with E-state index < -0.39 is 0 Å². The number of aryl methyl sites for hydroxylation is 1. The zero-order valence-corrected chi connectivity index (χ0v) is 11.8. The minimum atomic E-state index is 0.0691. The van der Waals surface area contributed by atoms with Crippen molar-refractivity contribution in [2.24, 2.45) is 0 Å². The minimum absolute atomic E-state index is 0.0691. The van der Waals surface area contributed by atoms with Crippen LogP contribution < -0.4 is 14.8 Å². The maximum absolute atomic E-state index is 11.5. The van der Waals surface area contributed by atoms with Gasteiger partial charge in [-0.1, -0.05) is 6.07 Å². The third-order valence-corrected chi connectivity index (χ3v) is 3.10. The topological polar surface area (TPSA) is 56.8 Å². The Kier molecular flexibility index (Phi) is 5.68. The van der Waals surface area contributed by atoms with E-state index in [4.69, 9.17) is 14.2 Å². The number of carbonyl (C=O) groups is 1. The molecule has 5 nitrogen and oxygen atoms in total. The normalized spacial score (nSPS) is 13.1. The summed E-state index contributed by atoms with van der Waals surface area (Å²) in [4.78, 5) is 11.5. The number of rotatable bonds is 7. The number of carbonyl (C=O) groups excluding carboxylic acids is 1. The molecule has 0 spiro atoms. The van der Waals surface area contributed by atoms with Crippen LogP contribution in [0.4, 0.5) is 0 Å². The Morgan fingerprint density at radius 3 is 2.90 bits per heavy atom. The highest BCUT2D eigenvalue weighted by Crippen LogP contribution is 2.31. The molecule has 1 aromatic rings. The summed E-state index contributed by atoms with van der Waals surface area (Å²) in [5, 5.41) is 2.81. The van der Waals surface area contributed by atoms with E-state index in [1.165, 1.54) is 5.56 Å². The zero-order valence-electron chi connectivity index (χ0n) is 11.8. The van der Waals surface area contributed by atoms with Crippen LogP contribution in [-0.4, -0.2) is 39.4 Å². The van der Waals surface area contributed by atoms with Crippen LogP contribution in [0.25, 0.3) is 0 Å². The molecule has 0 aromatic heterocycles. The molecule has 1 aliphatic rings. The van der Waals surface area contributed by atoms with Crippen LogP contribution in [0.2, 0.25) is 0 Å². The van der Waals surface area contributed by atoms with Gasteiger partial charge in [0, 0.05) is 20.1 Å². The van der Waals surface area contributed by atoms with Crippen molar-refractivity contribution in [2.75, 3.05) is 33.5 Å². The summed E-state index contributed by atoms with van der Waals surface area (Å²) in [6.07, 6.45) is 2.20. The summed E-state index contributed by atoms with van der Waals surface area (Å²) in [6, 6.07) is 5.95. The number of fused-ring (bicyclic) bond motifs is 1. The fourth-order valence-electron chi connectivity index (χ4n) is 2.08. The lowest BCUT2D eigenvalue weighted by Gasteiger charge is -2.18. The maximum atomic E-state index is 11.5. The molecule has 2 rings (SSSR count). The summed E-state index contributed by atoms with van der Waals surface area (Å²) in [5.74, 6) is 1.68. The van der Waals surface area contributed by atoms with Gasteiger partial charge < -0.3 is 19.5 Å². The summed E-state index contributed by atoms with van der Waals surface area (Å²) >= 11 is 0. The molecule has 0 radical (unpaired) electrons. The number of benzene rings is 1. The third-order valence-electron chi connectivity index (χ3n) is 3.10. The van der Waals surface area contributed by atoms with E-state index in [1.807, 2.05) is 18.2 Å². The first-order valence-electron chi connectivity index (χ1n) is 6.94. The predicted molar refractivity (Wildman–Crippen MR) is 75.3 cm³/mol. The highest BCUT2D eigenvalue weighted by atomic mass is 16.6. The second-order valence-electron chi connectivity index (χ2n) is 4.67. The van der Waals surface area contributed by atoms with Gasteiger partial charge in [0.1, 0.15) is 13.2 Å². The summed E-state index contributed by atoms with van der Waals surface area (Å²) in [6.45, 7) is 2.32. The lowest BCUT2D eigenvalue weighted by molar-refractivity contribution is -0.121. The lowest BCUT2D eigenvalue weighted by Crippen LogP contribution is -2.26. The molecule has 110 valence electrons. The summed E-state index contributed by atoms with van der Waals surface area (Å²) in [5.41, 5.74) is 1.17. The highest BCUT2D eigenvalue weighted by Gasteiger charge is 2.11. The molecular weight excluding hydrogens is 258 g/mol. The Balaban J connectivity index is 1.72. The Morgan fingerprint density at radius 1 is 1.30 bits per heavy atom. The van der Waals surface area contributed by atoms with Crippen molar-refractivity contribution in [2.45, 2.75) is 19.3 Å². The van der Waals surface area contributed by atoms with Gasteiger partial charge in [0.2, 0.25) is 5.91 Å². The van der Waals surface area contributed by atoms with Gasteiger partial charge >= 0.3 is 0 Å². The molecule has 5 heteroatoms. The van der Waals surface area contributed by atoms with Gasteiger partial charge in [-0.25, -0.2) is 0 Å². The van der Waals surface area contributed by atoms with Crippen molar-refractivity contribution in [1.29, 1.82) is 0 Å². The molecule has 0 atom stereocenters. The molecule has 1 aliphatic heterocycles. The van der Waals surface area contributed by atoms with Crippen molar-refractivity contribution in [3.63, 3.8) is 0 Å². The quantitative estimate of drug-likeness (QED) is 0.769. The van der Waals surface area contributed by atoms with Gasteiger partial charge in [0.25, 0.3) is 0 Å². The van der Waals surface area contributed by atoms with Crippen molar-refractivity contribution >= 4 is 5.91 Å². The third kappa shape index (κ3) is 4.42. The number of methoxy groups -OCH3 is 1. The molecule has 1 aromatic carbocycles. The van der Waals surface area contributed by atoms with Crippen LogP contribution in [0.5, 0.6) is 11.5 Å². The van der Waals surface area contributed by atoms with Gasteiger partial charge in [-0.2, -0.15) is 0 Å². The number of ether oxygens (including phenoxy) is 3. The second-order valence-corrected chi connectivity index (χ2v) is 4.67. The zero-order chi connectivity index (χ0) is 14.2. The van der Waals surface area contributed by atoms with Gasteiger partial charge in [-0.3, -0.25) is 4.79 Å². The first kappa shape index (κ1) is 14.7. The Morgan fingerprint density at radius 2 is 2.10 bits per heavy atom. The summed E-state index contributed by atoms with van der Waals surface area (Å²) in [7, 11) is 1.62. The fraction of sp³-hybridized carbons (Fsp3) is 0.533. The van der Waals surface area contributed by atoms with Gasteiger partial charge in [0.05, 0.1) is 6.61 Å². The van der Waals surface area contributed by atoms with Gasteiger partial charge in [-0.15, -0.1) is 0 Å². The van der Waals surface area contributed by atoms with E-state index in [-0.39, 0.29) is 5.91 Å². The van der Waals surface area contributed by atoms with Gasteiger partial charge in [0.15, 0.2) is 11.5 Å². The molecule has 1 heterocycles. The smallest absolute Gasteiger partial charge is 0.220 e. The first-order valence-corrected chi connectivity index (χ1v) is 6.94. The van der Waals surface area contributed by atoms with Crippen LogP contribution in [-0.2, 0) is 16.0 Å². The lowest BCUT2D eigenvalue weighted by atomic mass is 10.1. The molecule has 0 unspecified atom stereocenters. The average Bonchev–Trinajstić information content (AvgIpc) is 2.47. The molecule has 1 N–H and O–H groups in total. The van der Waals surface area contributed by atoms with Crippen molar-refractivity contribution < 1.29 is 19.0 Å². The molecule has 0 fully saturated rings. The van der Waals surface area contributed by atoms with E-state index in [0.717, 1.165) is 24.3 Å². The Hall–Kier alpha value is -1.75. The molecule has 0 saturated heterocycles. The maximum Gasteiger partial charge on any atom is 0.220 e. The van der Waals surface area contributed by atoms with Gasteiger partial charge in [-0.05, 0) is 30.5 Å². The number of hydrogen-bond donors (Lipinski definition) is 1. The van der Waals surface area contributed by atoms with E-state index in [9.17, 15) is 4.79 Å². The SMILES string of the molecule is COCCNC(=O)CCCc1ccc2c(c1)OCCO2. The molecule has 20 heavy (non-hydrogen) atoms. The second kappa shape index (κ2) is 7.75. The Bertz CT molecular complexity index is 447. The van der Waals surface area contributed by atoms with E-state index in [1.54, 1.807) is 7.11 Å². The standard InChI is InChI=1S/C15H21NO4/c1-18-8-7-16-15(17)4-2-3-12-5-6-13-14(11-12)20-10-9-19-13/h5-6,11H,2-4,7-10H2,1H3,(H,16,17). The van der Waals surface area contributed by atoms with Crippen molar-refractivity contribution in [3.8, 4) is 11.5 Å².